The Bertz CT molecular complexity index is 1900. The molecule has 304 valence electrons. The van der Waals surface area contributed by atoms with Crippen molar-refractivity contribution in [1.29, 1.82) is 0 Å². The first-order chi connectivity index (χ1) is 26.8. The maximum Gasteiger partial charge on any atom is 0.328 e. The Balaban J connectivity index is 1.35. The lowest BCUT2D eigenvalue weighted by Gasteiger charge is -2.34. The van der Waals surface area contributed by atoms with Gasteiger partial charge in [-0.2, -0.15) is 4.31 Å². The third kappa shape index (κ3) is 11.2. The van der Waals surface area contributed by atoms with Crippen molar-refractivity contribution in [2.75, 3.05) is 26.2 Å². The van der Waals surface area contributed by atoms with Crippen LogP contribution in [0.1, 0.15) is 67.8 Å². The van der Waals surface area contributed by atoms with Gasteiger partial charge in [0.1, 0.15) is 12.6 Å². The van der Waals surface area contributed by atoms with Gasteiger partial charge in [-0.15, -0.1) is 16.8 Å². The Labute approximate surface area is 332 Å². The second-order valence-corrected chi connectivity index (χ2v) is 17.8. The normalized spacial score (nSPS) is 16.8. The summed E-state index contributed by atoms with van der Waals surface area (Å²) in [5, 5.41) is 17.5. The molecule has 2 aliphatic rings. The summed E-state index contributed by atoms with van der Waals surface area (Å²) >= 11 is 1.41. The van der Waals surface area contributed by atoms with Crippen molar-refractivity contribution in [1.82, 2.24) is 29.9 Å². The minimum atomic E-state index is -4.12. The lowest BCUT2D eigenvalue weighted by molar-refractivity contribution is -0.151. The monoisotopic (exact) mass is 811 g/mol. The number of nitrogens with one attached hydrogen (secondary N) is 2. The predicted molar refractivity (Wildman–Crippen MR) is 210 cm³/mol. The highest BCUT2D eigenvalue weighted by molar-refractivity contribution is 7.89. The molecular weight excluding hydrogens is 759 g/mol. The molecule has 3 aromatic rings. The van der Waals surface area contributed by atoms with Crippen LogP contribution in [-0.4, -0.2) is 101 Å². The van der Waals surface area contributed by atoms with Crippen LogP contribution in [0.3, 0.4) is 0 Å². The first kappa shape index (κ1) is 42.9. The molecule has 1 aliphatic carbocycles. The minimum Gasteiger partial charge on any atom is -0.390 e. The molecule has 2 heterocycles. The maximum absolute atomic E-state index is 14.3. The standard InChI is InChI=1S/C39H53N7O8S2/c1-26(2)37(46-24-35(48)45(39(46)51)22-31-25-55-27(3)42-31)38(50)43-33(19-28-9-5-4-6-10-28)34(47)23-44(21-30-11-7-8-12-30)56(52,53)32-15-13-29(14-16-32)20-41-54-36(49)17-18-40/h4-6,9-10,13-16,25-26,30,33-34,37,41,47H,7-8,11-12,17-24,40H2,1-3H3,(H,43,50)/t33-,34-,37-/m0/s1. The number of thiazole rings is 1. The lowest BCUT2D eigenvalue weighted by atomic mass is 9.97. The number of carbonyl (C=O) groups is 4. The van der Waals surface area contributed by atoms with Crippen LogP contribution in [0.5, 0.6) is 0 Å². The van der Waals surface area contributed by atoms with Gasteiger partial charge in [0.15, 0.2) is 0 Å². The second-order valence-electron chi connectivity index (χ2n) is 14.8. The Morgan fingerprint density at radius 1 is 1.07 bits per heavy atom. The van der Waals surface area contributed by atoms with Crippen molar-refractivity contribution >= 4 is 45.2 Å². The number of hydroxylamine groups is 1. The van der Waals surface area contributed by atoms with E-state index in [9.17, 15) is 32.7 Å². The number of nitrogens with zero attached hydrogens (tertiary/aromatic N) is 4. The SMILES string of the molecule is Cc1nc(CN2C(=O)CN([C@H](C(=O)N[C@@H](Cc3ccccc3)[C@@H](O)CN(CC3CCCC3)S(=O)(=O)c3ccc(CNOC(=O)CCN)cc3)C(C)C)C2=O)cs1. The fraction of sp³-hybridized carbons (Fsp3) is 0.513. The van der Waals surface area contributed by atoms with E-state index in [1.807, 2.05) is 37.3 Å². The quantitative estimate of drug-likeness (QED) is 0.0965. The highest BCUT2D eigenvalue weighted by Crippen LogP contribution is 2.29. The van der Waals surface area contributed by atoms with Crippen molar-refractivity contribution in [3.05, 3.63) is 81.8 Å². The summed E-state index contributed by atoms with van der Waals surface area (Å²) < 4.78 is 29.9. The van der Waals surface area contributed by atoms with Crippen LogP contribution in [0.15, 0.2) is 64.9 Å². The number of urea groups is 1. The van der Waals surface area contributed by atoms with Crippen molar-refractivity contribution in [2.24, 2.45) is 17.6 Å². The number of benzene rings is 2. The van der Waals surface area contributed by atoms with E-state index in [2.05, 4.69) is 15.8 Å². The molecule has 2 aromatic carbocycles. The van der Waals surface area contributed by atoms with E-state index in [1.165, 1.54) is 32.7 Å². The van der Waals surface area contributed by atoms with Gasteiger partial charge in [0, 0.05) is 25.0 Å². The van der Waals surface area contributed by atoms with Gasteiger partial charge in [-0.3, -0.25) is 19.3 Å². The molecule has 1 aromatic heterocycles. The van der Waals surface area contributed by atoms with Crippen LogP contribution in [-0.2, 0) is 48.8 Å². The molecule has 0 unspecified atom stereocenters. The first-order valence-corrected chi connectivity index (χ1v) is 21.3. The van der Waals surface area contributed by atoms with E-state index in [0.29, 0.717) is 11.3 Å². The first-order valence-electron chi connectivity index (χ1n) is 19.0. The van der Waals surface area contributed by atoms with E-state index in [1.54, 1.807) is 31.4 Å². The van der Waals surface area contributed by atoms with Crippen LogP contribution in [0.2, 0.25) is 0 Å². The Morgan fingerprint density at radius 3 is 2.39 bits per heavy atom. The Morgan fingerprint density at radius 2 is 1.77 bits per heavy atom. The maximum atomic E-state index is 14.3. The van der Waals surface area contributed by atoms with Crippen LogP contribution >= 0.6 is 11.3 Å². The zero-order chi connectivity index (χ0) is 40.4. The van der Waals surface area contributed by atoms with Gasteiger partial charge in [0.05, 0.1) is 47.3 Å². The molecular formula is C39H53N7O8S2. The number of aliphatic hydroxyl groups excluding tert-OH is 1. The largest absolute Gasteiger partial charge is 0.390 e. The van der Waals surface area contributed by atoms with Gasteiger partial charge in [-0.05, 0) is 61.3 Å². The van der Waals surface area contributed by atoms with Crippen LogP contribution in [0.4, 0.5) is 4.79 Å². The number of imide groups is 1. The highest BCUT2D eigenvalue weighted by atomic mass is 32.2. The van der Waals surface area contributed by atoms with Crippen LogP contribution < -0.4 is 16.5 Å². The number of rotatable bonds is 20. The van der Waals surface area contributed by atoms with Crippen LogP contribution in [0.25, 0.3) is 0 Å². The number of sulfonamides is 1. The average Bonchev–Trinajstić information content (AvgIpc) is 3.90. The molecule has 17 heteroatoms. The molecule has 5 N–H and O–H groups in total. The Kier molecular flexibility index (Phi) is 15.1. The van der Waals surface area contributed by atoms with Gasteiger partial charge >= 0.3 is 12.0 Å². The van der Waals surface area contributed by atoms with Gasteiger partial charge in [0.2, 0.25) is 15.9 Å². The van der Waals surface area contributed by atoms with Crippen molar-refractivity contribution < 1.29 is 37.5 Å². The molecule has 0 radical (unpaired) electrons. The molecule has 0 spiro atoms. The Hall–Kier alpha value is -4.26. The summed E-state index contributed by atoms with van der Waals surface area (Å²) in [6, 6.07) is 12.8. The van der Waals surface area contributed by atoms with E-state index in [4.69, 9.17) is 10.6 Å². The molecule has 56 heavy (non-hydrogen) atoms. The molecule has 2 fully saturated rings. The van der Waals surface area contributed by atoms with Gasteiger partial charge in [0.25, 0.3) is 5.91 Å². The summed E-state index contributed by atoms with van der Waals surface area (Å²) in [6.07, 6.45) is 2.58. The van der Waals surface area contributed by atoms with Crippen molar-refractivity contribution in [3.63, 3.8) is 0 Å². The number of carbonyl (C=O) groups excluding carboxylic acids is 4. The van der Waals surface area contributed by atoms with E-state index < -0.39 is 57.9 Å². The zero-order valence-electron chi connectivity index (χ0n) is 32.1. The van der Waals surface area contributed by atoms with E-state index in [0.717, 1.165) is 41.2 Å². The van der Waals surface area contributed by atoms with E-state index >= 15 is 0 Å². The third-order valence-corrected chi connectivity index (χ3v) is 12.8. The third-order valence-electron chi connectivity index (χ3n) is 10.1. The number of aromatic nitrogens is 1. The molecule has 4 amide bonds. The lowest BCUT2D eigenvalue weighted by Crippen LogP contribution is -2.57. The van der Waals surface area contributed by atoms with Gasteiger partial charge in [-0.1, -0.05) is 69.2 Å². The van der Waals surface area contributed by atoms with Crippen molar-refractivity contribution in [2.45, 2.75) is 95.5 Å². The second kappa shape index (κ2) is 19.7. The van der Waals surface area contributed by atoms with Crippen molar-refractivity contribution in [3.8, 4) is 0 Å². The molecule has 1 saturated carbocycles. The number of aryl methyl sites for hydroxylation is 1. The number of hydrogen-bond acceptors (Lipinski definition) is 12. The minimum absolute atomic E-state index is 0.00410. The summed E-state index contributed by atoms with van der Waals surface area (Å²) in [7, 11) is -4.12. The molecule has 1 saturated heterocycles. The number of hydrogen-bond donors (Lipinski definition) is 4. The predicted octanol–water partition coefficient (Wildman–Crippen LogP) is 3.11. The fourth-order valence-electron chi connectivity index (χ4n) is 7.18. The molecule has 1 aliphatic heterocycles. The number of amides is 4. The highest BCUT2D eigenvalue weighted by Gasteiger charge is 2.44. The summed E-state index contributed by atoms with van der Waals surface area (Å²) in [5.74, 6) is -1.80. The van der Waals surface area contributed by atoms with Crippen LogP contribution in [0, 0.1) is 18.8 Å². The smallest absolute Gasteiger partial charge is 0.328 e. The molecule has 3 atom stereocenters. The van der Waals surface area contributed by atoms with Gasteiger partial charge < -0.3 is 25.9 Å². The summed E-state index contributed by atoms with van der Waals surface area (Å²) in [5.41, 5.74) is 10.0. The molecule has 15 nitrogen and oxygen atoms in total. The number of nitrogens with two attached hydrogens (primary N) is 1. The van der Waals surface area contributed by atoms with E-state index in [-0.39, 0.29) is 62.9 Å². The fourth-order valence-corrected chi connectivity index (χ4v) is 9.32. The zero-order valence-corrected chi connectivity index (χ0v) is 33.8. The molecule has 0 bridgehead atoms. The van der Waals surface area contributed by atoms with Gasteiger partial charge in [-0.25, -0.2) is 18.2 Å². The summed E-state index contributed by atoms with van der Waals surface area (Å²) in [6.45, 7) is 5.31. The average molecular weight is 812 g/mol. The summed E-state index contributed by atoms with van der Waals surface area (Å²) in [4.78, 5) is 64.3. The molecule has 5 rings (SSSR count). The topological polar surface area (TPSA) is 205 Å². The number of aliphatic hydroxyl groups is 1.